The molecule has 0 saturated carbocycles. The van der Waals surface area contributed by atoms with Crippen LogP contribution in [0.2, 0.25) is 0 Å². The molecule has 2 aliphatic rings. The summed E-state index contributed by atoms with van der Waals surface area (Å²) in [5.74, 6) is 0. The van der Waals surface area contributed by atoms with Crippen molar-refractivity contribution in [3.05, 3.63) is 80.3 Å². The van der Waals surface area contributed by atoms with Gasteiger partial charge in [-0.05, 0) is 96.6 Å². The van der Waals surface area contributed by atoms with Crippen LogP contribution in [0.4, 0.5) is 13.2 Å². The van der Waals surface area contributed by atoms with E-state index in [1.807, 2.05) is 11.8 Å². The molecule has 0 amide bonds. The highest BCUT2D eigenvalue weighted by molar-refractivity contribution is 8.06. The zero-order chi connectivity index (χ0) is 23.3. The Balaban J connectivity index is 2.33. The highest BCUT2D eigenvalue weighted by atomic mass is 32.2. The van der Waals surface area contributed by atoms with Gasteiger partial charge in [0.25, 0.3) is 0 Å². The quantitative estimate of drug-likeness (QED) is 0.269. The second-order valence-corrected chi connectivity index (χ2v) is 9.80. The molecule has 0 aromatic carbocycles. The minimum absolute atomic E-state index is 0.525. The third-order valence-electron chi connectivity index (χ3n) is 5.80. The lowest BCUT2D eigenvalue weighted by atomic mass is 9.88. The Hall–Kier alpha value is -1.88. The fraction of sp³-hybridized carbons (Fsp3) is 0.462. The fourth-order valence-electron chi connectivity index (χ4n) is 3.80. The van der Waals surface area contributed by atoms with Gasteiger partial charge in [0.05, 0.1) is 5.57 Å². The molecule has 1 nitrogen and oxygen atoms in total. The molecule has 2 bridgehead atoms. The molecule has 0 fully saturated rings. The van der Waals surface area contributed by atoms with Crippen molar-refractivity contribution in [1.82, 2.24) is 4.90 Å². The van der Waals surface area contributed by atoms with E-state index in [0.29, 0.717) is 18.5 Å². The van der Waals surface area contributed by atoms with Gasteiger partial charge >= 0.3 is 6.18 Å². The first-order valence-electron chi connectivity index (χ1n) is 10.7. The molecule has 0 spiro atoms. The van der Waals surface area contributed by atoms with E-state index in [4.69, 9.17) is 0 Å². The number of hydrogen-bond donors (Lipinski definition) is 0. The number of fused-ring (bicyclic) bond motifs is 3. The smallest absolute Gasteiger partial charge is 0.381 e. The van der Waals surface area contributed by atoms with Crippen LogP contribution in [0.15, 0.2) is 80.3 Å². The van der Waals surface area contributed by atoms with E-state index in [-0.39, 0.29) is 0 Å². The lowest BCUT2D eigenvalue weighted by molar-refractivity contribution is -0.0879. The molecule has 0 unspecified atom stereocenters. The molecule has 1 aliphatic carbocycles. The van der Waals surface area contributed by atoms with Gasteiger partial charge in [-0.3, -0.25) is 0 Å². The predicted molar refractivity (Wildman–Crippen MR) is 129 cm³/mol. The molecule has 1 heterocycles. The average Bonchev–Trinajstić information content (AvgIpc) is 2.79. The van der Waals surface area contributed by atoms with Crippen molar-refractivity contribution in [2.45, 2.75) is 65.5 Å². The fourth-order valence-corrected chi connectivity index (χ4v) is 4.93. The second-order valence-electron chi connectivity index (χ2n) is 8.46. The van der Waals surface area contributed by atoms with Crippen LogP contribution in [-0.2, 0) is 0 Å². The molecule has 31 heavy (non-hydrogen) atoms. The molecule has 2 rings (SSSR count). The molecule has 0 N–H and O–H groups in total. The number of halogens is 3. The van der Waals surface area contributed by atoms with Gasteiger partial charge in [-0.25, -0.2) is 0 Å². The van der Waals surface area contributed by atoms with Crippen molar-refractivity contribution >= 4 is 11.8 Å². The minimum Gasteiger partial charge on any atom is -0.381 e. The van der Waals surface area contributed by atoms with E-state index in [9.17, 15) is 13.2 Å². The van der Waals surface area contributed by atoms with Crippen molar-refractivity contribution in [3.8, 4) is 0 Å². The van der Waals surface area contributed by atoms with Gasteiger partial charge in [0.15, 0.2) is 0 Å². The molecule has 5 heteroatoms. The normalized spacial score (nSPS) is 23.4. The zero-order valence-corrected chi connectivity index (χ0v) is 20.2. The van der Waals surface area contributed by atoms with Crippen molar-refractivity contribution in [2.75, 3.05) is 14.1 Å². The van der Waals surface area contributed by atoms with Gasteiger partial charge in [-0.15, -0.1) is 0 Å². The summed E-state index contributed by atoms with van der Waals surface area (Å²) in [4.78, 5) is 4.39. The van der Waals surface area contributed by atoms with Gasteiger partial charge in [0.2, 0.25) is 0 Å². The van der Waals surface area contributed by atoms with Crippen LogP contribution in [0, 0.1) is 0 Å². The Morgan fingerprint density at radius 1 is 1.16 bits per heavy atom. The molecule has 170 valence electrons. The predicted octanol–water partition coefficient (Wildman–Crippen LogP) is 8.63. The monoisotopic (exact) mass is 449 g/mol. The summed E-state index contributed by atoms with van der Waals surface area (Å²) in [7, 11) is 3.55. The van der Waals surface area contributed by atoms with E-state index in [1.54, 1.807) is 19.0 Å². The van der Waals surface area contributed by atoms with Crippen LogP contribution in [0.3, 0.4) is 0 Å². The number of allylic oxidation sites excluding steroid dienone is 12. The molecule has 0 aromatic rings. The second kappa shape index (κ2) is 10.6. The van der Waals surface area contributed by atoms with E-state index in [0.717, 1.165) is 37.3 Å². The van der Waals surface area contributed by atoms with Crippen molar-refractivity contribution in [2.24, 2.45) is 0 Å². The first kappa shape index (κ1) is 25.4. The number of thioether (sulfide) groups is 1. The summed E-state index contributed by atoms with van der Waals surface area (Å²) >= 11 is 1.83. The van der Waals surface area contributed by atoms with Gasteiger partial charge in [0.1, 0.15) is 0 Å². The van der Waals surface area contributed by atoms with Gasteiger partial charge in [-0.2, -0.15) is 13.2 Å². The minimum atomic E-state index is -4.40. The number of hydrogen-bond acceptors (Lipinski definition) is 2. The first-order chi connectivity index (χ1) is 14.4. The van der Waals surface area contributed by atoms with E-state index >= 15 is 0 Å². The van der Waals surface area contributed by atoms with E-state index < -0.39 is 11.7 Å². The number of nitrogens with zero attached hydrogens (tertiary/aromatic N) is 1. The molecule has 0 saturated heterocycles. The summed E-state index contributed by atoms with van der Waals surface area (Å²) in [6.45, 7) is 13.9. The molecule has 1 aliphatic heterocycles. The van der Waals surface area contributed by atoms with Gasteiger partial charge < -0.3 is 4.90 Å². The maximum atomic E-state index is 13.0. The summed E-state index contributed by atoms with van der Waals surface area (Å²) in [6, 6.07) is 0. The Labute approximate surface area is 189 Å². The van der Waals surface area contributed by atoms with Crippen LogP contribution in [0.5, 0.6) is 0 Å². The SMILES string of the molecule is C=C(CC)CC1=C(C)S/C2=C/C(CC/C(=C/C(=C)C(F)(F)F)N(C)C)=C\C(C)=C\1CC2. The van der Waals surface area contributed by atoms with E-state index in [1.165, 1.54) is 32.1 Å². The maximum absolute atomic E-state index is 13.0. The topological polar surface area (TPSA) is 3.24 Å². The van der Waals surface area contributed by atoms with Crippen LogP contribution >= 0.6 is 11.8 Å². The zero-order valence-electron chi connectivity index (χ0n) is 19.4. The van der Waals surface area contributed by atoms with Crippen LogP contribution in [0.1, 0.15) is 59.3 Å². The number of rotatable bonds is 8. The Bertz CT molecular complexity index is 892. The maximum Gasteiger partial charge on any atom is 0.415 e. The van der Waals surface area contributed by atoms with Crippen LogP contribution in [-0.4, -0.2) is 25.2 Å². The van der Waals surface area contributed by atoms with Crippen LogP contribution < -0.4 is 0 Å². The largest absolute Gasteiger partial charge is 0.415 e. The molecule has 0 aromatic heterocycles. The Morgan fingerprint density at radius 2 is 1.84 bits per heavy atom. The third-order valence-corrected chi connectivity index (χ3v) is 6.93. The molecule has 0 atom stereocenters. The van der Waals surface area contributed by atoms with Crippen LogP contribution in [0.25, 0.3) is 0 Å². The molecular weight excluding hydrogens is 415 g/mol. The first-order valence-corrected chi connectivity index (χ1v) is 11.5. The summed E-state index contributed by atoms with van der Waals surface area (Å²) < 4.78 is 38.9. The molecule has 0 radical (unpaired) electrons. The van der Waals surface area contributed by atoms with Crippen molar-refractivity contribution < 1.29 is 13.2 Å². The Morgan fingerprint density at radius 3 is 2.42 bits per heavy atom. The summed E-state index contributed by atoms with van der Waals surface area (Å²) in [6.07, 6.45) is 6.31. The molecular formula is C26H34F3NS. The lowest BCUT2D eigenvalue weighted by Gasteiger charge is -2.20. The third kappa shape index (κ3) is 7.06. The lowest BCUT2D eigenvalue weighted by Crippen LogP contribution is -2.15. The highest BCUT2D eigenvalue weighted by Gasteiger charge is 2.30. The Kier molecular flexibility index (Phi) is 8.70. The van der Waals surface area contributed by atoms with Crippen molar-refractivity contribution in [3.63, 3.8) is 0 Å². The van der Waals surface area contributed by atoms with Gasteiger partial charge in [0, 0.05) is 19.8 Å². The van der Waals surface area contributed by atoms with Gasteiger partial charge in [-0.1, -0.05) is 43.5 Å². The average molecular weight is 450 g/mol. The standard InChI is InChI=1S/C26H34F3NS/c1-8-17(2)13-25-20(5)31-23-11-12-24(25)18(3)14-21(16-23)9-10-22(30(6)7)15-19(4)26(27,28)29/h14-16H,2,4,8-13H2,1,3,5-7H3/b21-14-,22-15-,23-16+,24-18+. The summed E-state index contributed by atoms with van der Waals surface area (Å²) in [5, 5.41) is 0. The summed E-state index contributed by atoms with van der Waals surface area (Å²) in [5.41, 5.74) is 6.25. The number of alkyl halides is 3. The highest BCUT2D eigenvalue weighted by Crippen LogP contribution is 2.44. The van der Waals surface area contributed by atoms with E-state index in [2.05, 4.69) is 46.1 Å². The van der Waals surface area contributed by atoms with Crippen molar-refractivity contribution in [1.29, 1.82) is 0 Å².